The Morgan fingerprint density at radius 2 is 2.18 bits per heavy atom. The molecule has 0 N–H and O–H groups in total. The molecule has 0 bridgehead atoms. The average Bonchev–Trinajstić information content (AvgIpc) is 3.18. The zero-order valence-electron chi connectivity index (χ0n) is 12.7. The maximum atomic E-state index is 12.6. The molecule has 0 radical (unpaired) electrons. The number of amides is 1. The van der Waals surface area contributed by atoms with E-state index in [0.29, 0.717) is 11.7 Å². The van der Waals surface area contributed by atoms with E-state index in [0.717, 1.165) is 25.7 Å². The molecular formula is C17H21NO4. The highest BCUT2D eigenvalue weighted by molar-refractivity contribution is 5.95. The summed E-state index contributed by atoms with van der Waals surface area (Å²) in [7, 11) is 1.38. The Kier molecular flexibility index (Phi) is 4.32. The summed E-state index contributed by atoms with van der Waals surface area (Å²) in [6.07, 6.45) is 9.77. The van der Waals surface area contributed by atoms with Gasteiger partial charge in [0.05, 0.1) is 13.4 Å². The van der Waals surface area contributed by atoms with Crippen LogP contribution in [0.1, 0.15) is 37.9 Å². The molecule has 5 nitrogen and oxygen atoms in total. The fourth-order valence-electron chi connectivity index (χ4n) is 3.75. The van der Waals surface area contributed by atoms with Crippen LogP contribution in [0.4, 0.5) is 0 Å². The molecule has 1 amide bonds. The monoisotopic (exact) mass is 303 g/mol. The van der Waals surface area contributed by atoms with E-state index < -0.39 is 6.04 Å². The Balaban J connectivity index is 1.80. The van der Waals surface area contributed by atoms with Gasteiger partial charge in [-0.3, -0.25) is 4.79 Å². The van der Waals surface area contributed by atoms with E-state index in [1.807, 2.05) is 0 Å². The van der Waals surface area contributed by atoms with Crippen LogP contribution in [0.2, 0.25) is 0 Å². The first-order valence-electron chi connectivity index (χ1n) is 7.82. The number of fused-ring (bicyclic) bond motifs is 1. The van der Waals surface area contributed by atoms with Crippen molar-refractivity contribution in [1.82, 2.24) is 4.90 Å². The van der Waals surface area contributed by atoms with Crippen molar-refractivity contribution in [2.75, 3.05) is 7.11 Å². The minimum Gasteiger partial charge on any atom is -0.467 e. The number of carbonyl (C=O) groups is 2. The zero-order chi connectivity index (χ0) is 15.5. The van der Waals surface area contributed by atoms with Crippen molar-refractivity contribution in [3.05, 3.63) is 30.2 Å². The maximum Gasteiger partial charge on any atom is 0.328 e. The first-order valence-corrected chi connectivity index (χ1v) is 7.82. The Morgan fingerprint density at radius 3 is 2.91 bits per heavy atom. The van der Waals surface area contributed by atoms with Crippen molar-refractivity contribution in [3.63, 3.8) is 0 Å². The highest BCUT2D eigenvalue weighted by Gasteiger charge is 2.47. The molecule has 2 heterocycles. The number of rotatable bonds is 3. The second-order valence-electron chi connectivity index (χ2n) is 5.98. The highest BCUT2D eigenvalue weighted by atomic mass is 16.5. The van der Waals surface area contributed by atoms with Gasteiger partial charge in [-0.25, -0.2) is 4.79 Å². The van der Waals surface area contributed by atoms with E-state index in [-0.39, 0.29) is 17.9 Å². The molecule has 1 aromatic rings. The Labute approximate surface area is 129 Å². The second-order valence-corrected chi connectivity index (χ2v) is 5.98. The molecule has 1 saturated carbocycles. The fraction of sp³-hybridized carbons (Fsp3) is 0.529. The predicted molar refractivity (Wildman–Crippen MR) is 80.8 cm³/mol. The highest BCUT2D eigenvalue weighted by Crippen LogP contribution is 2.40. The molecule has 0 aromatic carbocycles. The Morgan fingerprint density at radius 1 is 1.36 bits per heavy atom. The van der Waals surface area contributed by atoms with E-state index >= 15 is 0 Å². The number of furan rings is 1. The predicted octanol–water partition coefficient (Wildman–Crippen LogP) is 2.63. The standard InChI is InChI=1S/C17H21NO4/c1-21-17(20)15-11-12-5-2-3-7-14(12)18(15)16(19)9-8-13-6-4-10-22-13/h4,6,8-10,12,14-15H,2-3,5,7,11H2,1H3/b9-8+. The van der Waals surface area contributed by atoms with Gasteiger partial charge in [0.1, 0.15) is 11.8 Å². The molecule has 1 aliphatic heterocycles. The lowest BCUT2D eigenvalue weighted by molar-refractivity contribution is -0.150. The van der Waals surface area contributed by atoms with E-state index in [2.05, 4.69) is 0 Å². The average molecular weight is 303 g/mol. The van der Waals surface area contributed by atoms with Gasteiger partial charge < -0.3 is 14.1 Å². The van der Waals surface area contributed by atoms with Crippen LogP contribution < -0.4 is 0 Å². The van der Waals surface area contributed by atoms with E-state index in [1.54, 1.807) is 29.4 Å². The first kappa shape index (κ1) is 14.9. The Bertz CT molecular complexity index is 563. The number of hydrogen-bond donors (Lipinski definition) is 0. The van der Waals surface area contributed by atoms with Crippen LogP contribution in [-0.4, -0.2) is 36.0 Å². The summed E-state index contributed by atoms with van der Waals surface area (Å²) >= 11 is 0. The number of methoxy groups -OCH3 is 1. The van der Waals surface area contributed by atoms with Gasteiger partial charge >= 0.3 is 5.97 Å². The summed E-state index contributed by atoms with van der Waals surface area (Å²) in [5.41, 5.74) is 0. The third-order valence-electron chi connectivity index (χ3n) is 4.75. The van der Waals surface area contributed by atoms with Crippen LogP contribution in [-0.2, 0) is 14.3 Å². The van der Waals surface area contributed by atoms with Crippen LogP contribution in [0.25, 0.3) is 6.08 Å². The quantitative estimate of drug-likeness (QED) is 0.636. The van der Waals surface area contributed by atoms with Crippen LogP contribution in [0.5, 0.6) is 0 Å². The molecule has 0 spiro atoms. The first-order chi connectivity index (χ1) is 10.7. The number of carbonyl (C=O) groups excluding carboxylic acids is 2. The topological polar surface area (TPSA) is 59.8 Å². The normalized spacial score (nSPS) is 27.9. The van der Waals surface area contributed by atoms with Crippen molar-refractivity contribution < 1.29 is 18.7 Å². The number of hydrogen-bond acceptors (Lipinski definition) is 4. The minimum atomic E-state index is -0.452. The van der Waals surface area contributed by atoms with Gasteiger partial charge in [-0.1, -0.05) is 12.8 Å². The van der Waals surface area contributed by atoms with E-state index in [4.69, 9.17) is 9.15 Å². The van der Waals surface area contributed by atoms with Gasteiger partial charge in [-0.15, -0.1) is 0 Å². The molecular weight excluding hydrogens is 282 g/mol. The molecule has 3 atom stereocenters. The minimum absolute atomic E-state index is 0.138. The molecule has 3 rings (SSSR count). The summed E-state index contributed by atoms with van der Waals surface area (Å²) in [6, 6.07) is 3.27. The third kappa shape index (κ3) is 2.80. The van der Waals surface area contributed by atoms with E-state index in [1.165, 1.54) is 19.6 Å². The van der Waals surface area contributed by atoms with Crippen LogP contribution in [0.3, 0.4) is 0 Å². The number of nitrogens with zero attached hydrogens (tertiary/aromatic N) is 1. The van der Waals surface area contributed by atoms with Crippen molar-refractivity contribution in [1.29, 1.82) is 0 Å². The molecule has 1 aromatic heterocycles. The lowest BCUT2D eigenvalue weighted by Crippen LogP contribution is -2.45. The number of likely N-dealkylation sites (tertiary alicyclic amines) is 1. The van der Waals surface area contributed by atoms with E-state index in [9.17, 15) is 9.59 Å². The molecule has 1 saturated heterocycles. The van der Waals surface area contributed by atoms with Gasteiger partial charge in [0, 0.05) is 12.1 Å². The summed E-state index contributed by atoms with van der Waals surface area (Å²) in [6.45, 7) is 0. The van der Waals surface area contributed by atoms with Crippen molar-refractivity contribution in [2.45, 2.75) is 44.2 Å². The molecule has 118 valence electrons. The summed E-state index contributed by atoms with van der Waals surface area (Å²) in [5.74, 6) is 0.594. The molecule has 2 aliphatic rings. The van der Waals surface area contributed by atoms with Gasteiger partial charge in [0.25, 0.3) is 0 Å². The van der Waals surface area contributed by atoms with Gasteiger partial charge in [-0.05, 0) is 43.4 Å². The fourth-order valence-corrected chi connectivity index (χ4v) is 3.75. The summed E-state index contributed by atoms with van der Waals surface area (Å²) in [4.78, 5) is 26.4. The third-order valence-corrected chi connectivity index (χ3v) is 4.75. The molecule has 2 fully saturated rings. The van der Waals surface area contributed by atoms with Gasteiger partial charge in [0.2, 0.25) is 5.91 Å². The smallest absolute Gasteiger partial charge is 0.328 e. The maximum absolute atomic E-state index is 12.6. The summed E-state index contributed by atoms with van der Waals surface area (Å²) in [5, 5.41) is 0. The van der Waals surface area contributed by atoms with Gasteiger partial charge in [0.15, 0.2) is 0 Å². The van der Waals surface area contributed by atoms with Gasteiger partial charge in [-0.2, -0.15) is 0 Å². The van der Waals surface area contributed by atoms with Crippen molar-refractivity contribution in [2.24, 2.45) is 5.92 Å². The Hall–Kier alpha value is -2.04. The number of esters is 1. The van der Waals surface area contributed by atoms with Crippen LogP contribution >= 0.6 is 0 Å². The lowest BCUT2D eigenvalue weighted by atomic mass is 9.85. The molecule has 22 heavy (non-hydrogen) atoms. The molecule has 3 unspecified atom stereocenters. The second kappa shape index (κ2) is 6.38. The lowest BCUT2D eigenvalue weighted by Gasteiger charge is -2.32. The van der Waals surface area contributed by atoms with Crippen LogP contribution in [0, 0.1) is 5.92 Å². The SMILES string of the molecule is COC(=O)C1CC2CCCCC2N1C(=O)/C=C/c1ccco1. The molecule has 1 aliphatic carbocycles. The number of ether oxygens (including phenoxy) is 1. The zero-order valence-corrected chi connectivity index (χ0v) is 12.7. The molecule has 5 heteroatoms. The van der Waals surface area contributed by atoms with Crippen LogP contribution in [0.15, 0.2) is 28.9 Å². The van der Waals surface area contributed by atoms with Crippen molar-refractivity contribution >= 4 is 18.0 Å². The van der Waals surface area contributed by atoms with Crippen molar-refractivity contribution in [3.8, 4) is 0 Å². The summed E-state index contributed by atoms with van der Waals surface area (Å²) < 4.78 is 10.1. The largest absolute Gasteiger partial charge is 0.467 e.